The molecule has 186 valence electrons. The van der Waals surface area contributed by atoms with E-state index >= 15 is 0 Å². The van der Waals surface area contributed by atoms with E-state index in [1.807, 2.05) is 0 Å². The molecule has 2 fully saturated rings. The van der Waals surface area contributed by atoms with Crippen LogP contribution in [-0.4, -0.2) is 62.9 Å². The second kappa shape index (κ2) is 8.91. The Morgan fingerprint density at radius 3 is 2.14 bits per heavy atom. The molecule has 2 aliphatic rings. The Morgan fingerprint density at radius 2 is 1.54 bits per heavy atom. The average Bonchev–Trinajstić information content (AvgIpc) is 3.26. The van der Waals surface area contributed by atoms with Crippen LogP contribution in [-0.2, 0) is 26.3 Å². The molecule has 0 bridgehead atoms. The fourth-order valence-electron chi connectivity index (χ4n) is 4.65. The highest BCUT2D eigenvalue weighted by molar-refractivity contribution is 7.90. The summed E-state index contributed by atoms with van der Waals surface area (Å²) >= 11 is 1.35. The van der Waals surface area contributed by atoms with Crippen LogP contribution in [0.1, 0.15) is 24.2 Å². The number of aromatic nitrogens is 2. The second-order valence-corrected chi connectivity index (χ2v) is 14.0. The van der Waals surface area contributed by atoms with E-state index in [-0.39, 0.29) is 21.0 Å². The summed E-state index contributed by atoms with van der Waals surface area (Å²) in [5, 5.41) is 0.855. The number of halogens is 1. The van der Waals surface area contributed by atoms with Crippen molar-refractivity contribution in [3.05, 3.63) is 65.7 Å². The fourth-order valence-corrected chi connectivity index (χ4v) is 7.41. The first-order chi connectivity index (χ1) is 16.5. The van der Waals surface area contributed by atoms with Gasteiger partial charge in [0.25, 0.3) is 0 Å². The van der Waals surface area contributed by atoms with Crippen LogP contribution in [0.15, 0.2) is 58.3 Å². The van der Waals surface area contributed by atoms with Gasteiger partial charge >= 0.3 is 0 Å². The van der Waals surface area contributed by atoms with Gasteiger partial charge in [0.05, 0.1) is 9.79 Å². The minimum Gasteiger partial charge on any atom is -0.346 e. The predicted molar refractivity (Wildman–Crippen MR) is 131 cm³/mol. The first-order valence-corrected chi connectivity index (χ1v) is 15.3. The van der Waals surface area contributed by atoms with Crippen LogP contribution in [0, 0.1) is 11.2 Å². The molecule has 2 saturated heterocycles. The summed E-state index contributed by atoms with van der Waals surface area (Å²) in [7, 11) is -7.05. The normalized spacial score (nSPS) is 18.5. The summed E-state index contributed by atoms with van der Waals surface area (Å²) in [4.78, 5) is 7.03. The van der Waals surface area contributed by atoms with Crippen molar-refractivity contribution in [2.45, 2.75) is 29.1 Å². The third kappa shape index (κ3) is 4.97. The maximum absolute atomic E-state index is 13.1. The SMILES string of the molecule is CS(=O)(=O)c1ccc(S(=O)(=O)N2CCC3(CC2)CN(c2nc(Cc4ccc(F)cc4)ns2)C3)cc1. The van der Waals surface area contributed by atoms with Gasteiger partial charge in [0.15, 0.2) is 9.84 Å². The average molecular weight is 537 g/mol. The van der Waals surface area contributed by atoms with Crippen LogP contribution in [0.3, 0.4) is 0 Å². The van der Waals surface area contributed by atoms with Crippen LogP contribution in [0.4, 0.5) is 9.52 Å². The summed E-state index contributed by atoms with van der Waals surface area (Å²) < 4.78 is 68.4. The highest BCUT2D eigenvalue weighted by Gasteiger charge is 2.47. The molecule has 0 radical (unpaired) electrons. The van der Waals surface area contributed by atoms with Gasteiger partial charge in [0, 0.05) is 55.8 Å². The number of nitrogens with zero attached hydrogens (tertiary/aromatic N) is 4. The van der Waals surface area contributed by atoms with Crippen LogP contribution in [0.5, 0.6) is 0 Å². The molecule has 3 aromatic rings. The Hall–Kier alpha value is -2.41. The Morgan fingerprint density at radius 1 is 0.943 bits per heavy atom. The van der Waals surface area contributed by atoms with E-state index in [1.165, 1.54) is 52.2 Å². The summed E-state index contributed by atoms with van der Waals surface area (Å²) in [5.41, 5.74) is 1.02. The van der Waals surface area contributed by atoms with Crippen LogP contribution < -0.4 is 4.90 Å². The van der Waals surface area contributed by atoms with Gasteiger partial charge in [-0.1, -0.05) is 12.1 Å². The molecule has 0 atom stereocenters. The largest absolute Gasteiger partial charge is 0.346 e. The molecule has 8 nitrogen and oxygen atoms in total. The molecule has 35 heavy (non-hydrogen) atoms. The number of rotatable bonds is 6. The van der Waals surface area contributed by atoms with Gasteiger partial charge in [-0.05, 0) is 54.8 Å². The Kier molecular flexibility index (Phi) is 6.19. The molecule has 3 heterocycles. The number of anilines is 1. The minimum atomic E-state index is -3.67. The fraction of sp³-hybridized carbons (Fsp3) is 0.391. The van der Waals surface area contributed by atoms with E-state index in [9.17, 15) is 21.2 Å². The first-order valence-electron chi connectivity index (χ1n) is 11.2. The highest BCUT2D eigenvalue weighted by atomic mass is 32.2. The molecule has 1 spiro atoms. The number of sulfone groups is 1. The Bertz CT molecular complexity index is 1420. The predicted octanol–water partition coefficient (Wildman–Crippen LogP) is 2.96. The number of hydrogen-bond acceptors (Lipinski definition) is 8. The van der Waals surface area contributed by atoms with Crippen LogP contribution >= 0.6 is 11.5 Å². The lowest BCUT2D eigenvalue weighted by atomic mass is 9.73. The molecule has 0 saturated carbocycles. The van der Waals surface area contributed by atoms with Gasteiger partial charge in [-0.3, -0.25) is 0 Å². The van der Waals surface area contributed by atoms with Crippen LogP contribution in [0.2, 0.25) is 0 Å². The molecule has 0 N–H and O–H groups in total. The molecule has 1 aromatic heterocycles. The monoisotopic (exact) mass is 536 g/mol. The van der Waals surface area contributed by atoms with Crippen molar-refractivity contribution >= 4 is 36.5 Å². The molecular weight excluding hydrogens is 511 g/mol. The van der Waals surface area contributed by atoms with E-state index in [2.05, 4.69) is 14.3 Å². The lowest BCUT2D eigenvalue weighted by molar-refractivity contribution is 0.114. The maximum atomic E-state index is 13.1. The van der Waals surface area contributed by atoms with Crippen LogP contribution in [0.25, 0.3) is 0 Å². The van der Waals surface area contributed by atoms with Gasteiger partial charge < -0.3 is 4.90 Å². The molecule has 0 aliphatic carbocycles. The first kappa shape index (κ1) is 24.3. The van der Waals surface area contributed by atoms with Crippen molar-refractivity contribution in [2.75, 3.05) is 37.3 Å². The molecular formula is C23H25FN4O4S3. The van der Waals surface area contributed by atoms with Crippen molar-refractivity contribution in [2.24, 2.45) is 5.41 Å². The number of sulfonamides is 1. The third-order valence-corrected chi connectivity index (χ3v) is 10.6. The lowest BCUT2D eigenvalue weighted by Crippen LogP contribution is -2.61. The molecule has 5 rings (SSSR count). The standard InChI is InChI=1S/C23H25FN4O4S3/c1-34(29,30)19-6-8-20(9-7-19)35(31,32)28-12-10-23(11-13-28)15-27(16-23)22-25-21(26-33-22)14-17-2-4-18(24)5-3-17/h2-9H,10-16H2,1H3. The van der Waals surface area contributed by atoms with Crippen molar-refractivity contribution in [1.82, 2.24) is 13.7 Å². The third-order valence-electron chi connectivity index (χ3n) is 6.73. The van der Waals surface area contributed by atoms with E-state index < -0.39 is 19.9 Å². The number of hydrogen-bond donors (Lipinski definition) is 0. The zero-order valence-corrected chi connectivity index (χ0v) is 21.5. The summed E-state index contributed by atoms with van der Waals surface area (Å²) in [5.74, 6) is 0.440. The maximum Gasteiger partial charge on any atom is 0.243 e. The quantitative estimate of drug-likeness (QED) is 0.478. The van der Waals surface area contributed by atoms with Gasteiger partial charge in [-0.25, -0.2) is 26.2 Å². The van der Waals surface area contributed by atoms with Gasteiger partial charge in [0.1, 0.15) is 11.6 Å². The van der Waals surface area contributed by atoms with Gasteiger partial charge in [0.2, 0.25) is 15.2 Å². The van der Waals surface area contributed by atoms with E-state index in [4.69, 9.17) is 0 Å². The van der Waals surface area contributed by atoms with E-state index in [0.29, 0.717) is 25.3 Å². The van der Waals surface area contributed by atoms with Crippen molar-refractivity contribution in [1.29, 1.82) is 0 Å². The highest BCUT2D eigenvalue weighted by Crippen LogP contribution is 2.43. The smallest absolute Gasteiger partial charge is 0.243 e. The topological polar surface area (TPSA) is 101 Å². The lowest BCUT2D eigenvalue weighted by Gasteiger charge is -2.53. The van der Waals surface area contributed by atoms with Crippen molar-refractivity contribution < 1.29 is 21.2 Å². The number of piperidine rings is 1. The number of benzene rings is 2. The summed E-state index contributed by atoms with van der Waals surface area (Å²) in [6.45, 7) is 2.48. The van der Waals surface area contributed by atoms with Gasteiger partial charge in [-0.2, -0.15) is 8.68 Å². The second-order valence-electron chi connectivity index (χ2n) is 9.30. The Labute approximate surface area is 208 Å². The zero-order valence-electron chi connectivity index (χ0n) is 19.1. The summed E-state index contributed by atoms with van der Waals surface area (Å²) in [6.07, 6.45) is 3.15. The summed E-state index contributed by atoms with van der Waals surface area (Å²) in [6, 6.07) is 11.7. The van der Waals surface area contributed by atoms with Crippen molar-refractivity contribution in [3.63, 3.8) is 0 Å². The van der Waals surface area contributed by atoms with E-state index in [1.54, 1.807) is 12.1 Å². The minimum absolute atomic E-state index is 0.0644. The molecule has 0 amide bonds. The van der Waals surface area contributed by atoms with Crippen molar-refractivity contribution in [3.8, 4) is 0 Å². The molecule has 0 unspecified atom stereocenters. The molecule has 12 heteroatoms. The molecule has 2 aromatic carbocycles. The molecule has 2 aliphatic heterocycles. The zero-order chi connectivity index (χ0) is 24.8. The Balaban J connectivity index is 1.17. The van der Waals surface area contributed by atoms with E-state index in [0.717, 1.165) is 42.9 Å². The van der Waals surface area contributed by atoms with Gasteiger partial charge in [-0.15, -0.1) is 0 Å².